The first kappa shape index (κ1) is 16.4. The first-order valence-electron chi connectivity index (χ1n) is 6.60. The van der Waals surface area contributed by atoms with E-state index in [0.717, 1.165) is 11.4 Å². The van der Waals surface area contributed by atoms with E-state index in [4.69, 9.17) is 5.11 Å². The summed E-state index contributed by atoms with van der Waals surface area (Å²) in [5.74, 6) is -0.796. The average molecular weight is 299 g/mol. The Bertz CT molecular complexity index is 459. The molecule has 0 saturated carbocycles. The summed E-state index contributed by atoms with van der Waals surface area (Å²) in [6.07, 6.45) is 2.72. The highest BCUT2D eigenvalue weighted by atomic mass is 32.1. The van der Waals surface area contributed by atoms with Crippen molar-refractivity contribution in [3.05, 3.63) is 16.1 Å². The molecule has 0 atom stereocenters. The standard InChI is InChI=1S/C13H21N3O3S/c1-4-10-5-14-11(20-10)6-15-13(19)16(7-9(2)3)8-12(17)18/h5,9H,4,6-8H2,1-3H3,(H,15,19)(H,17,18). The van der Waals surface area contributed by atoms with E-state index in [1.807, 2.05) is 20.8 Å². The monoisotopic (exact) mass is 299 g/mol. The van der Waals surface area contributed by atoms with Crippen molar-refractivity contribution in [2.24, 2.45) is 5.92 Å². The van der Waals surface area contributed by atoms with Crippen LogP contribution in [0.2, 0.25) is 0 Å². The summed E-state index contributed by atoms with van der Waals surface area (Å²) in [4.78, 5) is 29.5. The molecule has 0 saturated heterocycles. The minimum Gasteiger partial charge on any atom is -0.480 e. The van der Waals surface area contributed by atoms with Gasteiger partial charge in [0.25, 0.3) is 0 Å². The molecule has 1 aromatic heterocycles. The molecule has 0 fully saturated rings. The number of hydrogen-bond acceptors (Lipinski definition) is 4. The van der Waals surface area contributed by atoms with Crippen molar-refractivity contribution in [2.45, 2.75) is 33.7 Å². The number of carbonyl (C=O) groups is 2. The van der Waals surface area contributed by atoms with Crippen LogP contribution >= 0.6 is 11.3 Å². The third-order valence-electron chi connectivity index (χ3n) is 2.54. The molecule has 2 N–H and O–H groups in total. The molecule has 1 heterocycles. The van der Waals surface area contributed by atoms with Crippen LogP contribution in [0.1, 0.15) is 30.7 Å². The number of aryl methyl sites for hydroxylation is 1. The minimum absolute atomic E-state index is 0.214. The number of aromatic nitrogens is 1. The zero-order valence-corrected chi connectivity index (χ0v) is 12.9. The van der Waals surface area contributed by atoms with Gasteiger partial charge in [0.05, 0.1) is 6.54 Å². The molecule has 1 aromatic rings. The van der Waals surface area contributed by atoms with Gasteiger partial charge >= 0.3 is 12.0 Å². The van der Waals surface area contributed by atoms with E-state index >= 15 is 0 Å². The number of rotatable bonds is 7. The van der Waals surface area contributed by atoms with Gasteiger partial charge in [-0.05, 0) is 12.3 Å². The van der Waals surface area contributed by atoms with Gasteiger partial charge in [-0.3, -0.25) is 4.79 Å². The Kier molecular flexibility index (Phi) is 6.44. The predicted octanol–water partition coefficient (Wildman–Crippen LogP) is 1.96. The third-order valence-corrected chi connectivity index (χ3v) is 3.68. The molecule has 0 aliphatic heterocycles. The van der Waals surface area contributed by atoms with Crippen molar-refractivity contribution < 1.29 is 14.7 Å². The second kappa shape index (κ2) is 7.84. The fraction of sp³-hybridized carbons (Fsp3) is 0.615. The van der Waals surface area contributed by atoms with Crippen molar-refractivity contribution in [3.63, 3.8) is 0 Å². The highest BCUT2D eigenvalue weighted by Gasteiger charge is 2.17. The molecule has 0 radical (unpaired) electrons. The van der Waals surface area contributed by atoms with Crippen LogP contribution in [0.15, 0.2) is 6.20 Å². The topological polar surface area (TPSA) is 82.5 Å². The van der Waals surface area contributed by atoms with Crippen molar-refractivity contribution in [1.82, 2.24) is 15.2 Å². The van der Waals surface area contributed by atoms with Crippen LogP contribution in [0, 0.1) is 5.92 Å². The summed E-state index contributed by atoms with van der Waals surface area (Å²) in [5.41, 5.74) is 0. The molecule has 1 rings (SSSR count). The smallest absolute Gasteiger partial charge is 0.323 e. The number of carboxylic acids is 1. The maximum Gasteiger partial charge on any atom is 0.323 e. The zero-order chi connectivity index (χ0) is 15.1. The summed E-state index contributed by atoms with van der Waals surface area (Å²) >= 11 is 1.55. The maximum atomic E-state index is 12.0. The number of aliphatic carboxylic acids is 1. The van der Waals surface area contributed by atoms with E-state index in [2.05, 4.69) is 10.3 Å². The van der Waals surface area contributed by atoms with Crippen LogP contribution in [0.5, 0.6) is 0 Å². The van der Waals surface area contributed by atoms with Crippen molar-refractivity contribution in [1.29, 1.82) is 0 Å². The normalized spacial score (nSPS) is 10.6. The van der Waals surface area contributed by atoms with E-state index in [1.165, 1.54) is 9.78 Å². The molecule has 6 nitrogen and oxygen atoms in total. The van der Waals surface area contributed by atoms with E-state index < -0.39 is 5.97 Å². The molecule has 0 aliphatic rings. The lowest BCUT2D eigenvalue weighted by molar-refractivity contribution is -0.137. The Morgan fingerprint density at radius 1 is 1.50 bits per heavy atom. The number of hydrogen-bond donors (Lipinski definition) is 2. The molecule has 2 amide bonds. The summed E-state index contributed by atoms with van der Waals surface area (Å²) in [5, 5.41) is 12.4. The van der Waals surface area contributed by atoms with E-state index in [-0.39, 0.29) is 18.5 Å². The number of urea groups is 1. The van der Waals surface area contributed by atoms with Gasteiger partial charge in [0, 0.05) is 17.6 Å². The lowest BCUT2D eigenvalue weighted by Crippen LogP contribution is -2.44. The number of amides is 2. The summed E-state index contributed by atoms with van der Waals surface area (Å²) in [6, 6.07) is -0.366. The first-order valence-corrected chi connectivity index (χ1v) is 7.42. The lowest BCUT2D eigenvalue weighted by atomic mass is 10.2. The molecule has 0 unspecified atom stereocenters. The van der Waals surface area contributed by atoms with Crippen LogP contribution in [0.4, 0.5) is 4.79 Å². The number of thiazole rings is 1. The highest BCUT2D eigenvalue weighted by molar-refractivity contribution is 7.11. The van der Waals surface area contributed by atoms with Crippen molar-refractivity contribution in [3.8, 4) is 0 Å². The number of nitrogens with one attached hydrogen (secondary N) is 1. The Balaban J connectivity index is 2.54. The van der Waals surface area contributed by atoms with Crippen LogP contribution in [-0.2, 0) is 17.8 Å². The summed E-state index contributed by atoms with van der Waals surface area (Å²) < 4.78 is 0. The first-order chi connectivity index (χ1) is 9.42. The quantitative estimate of drug-likeness (QED) is 0.806. The SMILES string of the molecule is CCc1cnc(CNC(=O)N(CC(=O)O)CC(C)C)s1. The van der Waals surface area contributed by atoms with Gasteiger partial charge in [-0.25, -0.2) is 9.78 Å². The van der Waals surface area contributed by atoms with E-state index in [0.29, 0.717) is 13.1 Å². The largest absolute Gasteiger partial charge is 0.480 e. The Morgan fingerprint density at radius 3 is 2.70 bits per heavy atom. The van der Waals surface area contributed by atoms with Crippen molar-refractivity contribution in [2.75, 3.05) is 13.1 Å². The average Bonchev–Trinajstić information content (AvgIpc) is 2.82. The van der Waals surface area contributed by atoms with Gasteiger partial charge in [-0.15, -0.1) is 11.3 Å². The van der Waals surface area contributed by atoms with Crippen LogP contribution in [0.3, 0.4) is 0 Å². The third kappa shape index (κ3) is 5.56. The van der Waals surface area contributed by atoms with Gasteiger partial charge in [-0.2, -0.15) is 0 Å². The van der Waals surface area contributed by atoms with Gasteiger partial charge in [0.1, 0.15) is 11.6 Å². The van der Waals surface area contributed by atoms with Crippen LogP contribution in [-0.4, -0.2) is 40.1 Å². The molecule has 20 heavy (non-hydrogen) atoms. The van der Waals surface area contributed by atoms with Crippen LogP contribution in [0.25, 0.3) is 0 Å². The fourth-order valence-electron chi connectivity index (χ4n) is 1.68. The zero-order valence-electron chi connectivity index (χ0n) is 12.0. The number of carbonyl (C=O) groups excluding carboxylic acids is 1. The Morgan fingerprint density at radius 2 is 2.20 bits per heavy atom. The summed E-state index contributed by atoms with van der Waals surface area (Å²) in [7, 11) is 0. The Hall–Kier alpha value is -1.63. The minimum atomic E-state index is -1.01. The molecule has 0 aromatic carbocycles. The number of nitrogens with zero attached hydrogens (tertiary/aromatic N) is 2. The summed E-state index contributed by atoms with van der Waals surface area (Å²) in [6.45, 7) is 6.39. The highest BCUT2D eigenvalue weighted by Crippen LogP contribution is 2.13. The van der Waals surface area contributed by atoms with E-state index in [9.17, 15) is 9.59 Å². The molecule has 7 heteroatoms. The molecule has 0 aliphatic carbocycles. The number of carboxylic acid groups (broad SMARTS) is 1. The molecule has 0 spiro atoms. The molecule has 112 valence electrons. The maximum absolute atomic E-state index is 12.0. The molecular formula is C13H21N3O3S. The lowest BCUT2D eigenvalue weighted by Gasteiger charge is -2.22. The second-order valence-electron chi connectivity index (χ2n) is 4.90. The van der Waals surface area contributed by atoms with E-state index in [1.54, 1.807) is 17.5 Å². The van der Waals surface area contributed by atoms with Gasteiger partial charge < -0.3 is 15.3 Å². The fourth-order valence-corrected chi connectivity index (χ4v) is 2.48. The van der Waals surface area contributed by atoms with Gasteiger partial charge in [0.2, 0.25) is 0 Å². The Labute approximate surface area is 122 Å². The molecule has 0 bridgehead atoms. The van der Waals surface area contributed by atoms with Crippen LogP contribution < -0.4 is 5.32 Å². The molecular weight excluding hydrogens is 278 g/mol. The second-order valence-corrected chi connectivity index (χ2v) is 6.10. The van der Waals surface area contributed by atoms with Gasteiger partial charge in [-0.1, -0.05) is 20.8 Å². The predicted molar refractivity (Wildman–Crippen MR) is 77.8 cm³/mol. The van der Waals surface area contributed by atoms with Gasteiger partial charge in [0.15, 0.2) is 0 Å². The van der Waals surface area contributed by atoms with Crippen molar-refractivity contribution >= 4 is 23.3 Å².